The maximum Gasteiger partial charge on any atom is -0.0115 e. The highest BCUT2D eigenvalue weighted by Gasteiger charge is 2.18. The Hall–Kier alpha value is -2.60. The molecule has 2 aromatic carbocycles. The van der Waals surface area contributed by atoms with Crippen molar-refractivity contribution in [2.75, 3.05) is 0 Å². The maximum atomic E-state index is 2.33. The summed E-state index contributed by atoms with van der Waals surface area (Å²) in [5, 5.41) is 0. The van der Waals surface area contributed by atoms with Crippen LogP contribution in [0.1, 0.15) is 210 Å². The molecule has 0 amide bonds. The van der Waals surface area contributed by atoms with Crippen molar-refractivity contribution in [1.29, 1.82) is 0 Å². The molecule has 0 saturated carbocycles. The third-order valence-corrected chi connectivity index (χ3v) is 10.2. The van der Waals surface area contributed by atoms with E-state index in [9.17, 15) is 0 Å². The van der Waals surface area contributed by atoms with Crippen LogP contribution in [0.3, 0.4) is 0 Å². The summed E-state index contributed by atoms with van der Waals surface area (Å²) in [5.74, 6) is 2.95. The monoisotopic (exact) mass is 761 g/mol. The van der Waals surface area contributed by atoms with E-state index in [1.807, 2.05) is 27.7 Å². The van der Waals surface area contributed by atoms with Gasteiger partial charge in [-0.2, -0.15) is 0 Å². The molecule has 320 valence electrons. The van der Waals surface area contributed by atoms with Crippen LogP contribution in [-0.2, 0) is 6.42 Å². The molecule has 2 rings (SSSR count). The summed E-state index contributed by atoms with van der Waals surface area (Å²) >= 11 is 0. The van der Waals surface area contributed by atoms with Crippen molar-refractivity contribution in [3.8, 4) is 0 Å². The minimum atomic E-state index is 0.464. The summed E-state index contributed by atoms with van der Waals surface area (Å²) in [7, 11) is 0. The van der Waals surface area contributed by atoms with Gasteiger partial charge in [0.05, 0.1) is 0 Å². The molecule has 0 nitrogen and oxygen atoms in total. The highest BCUT2D eigenvalue weighted by molar-refractivity contribution is 5.86. The van der Waals surface area contributed by atoms with Gasteiger partial charge in [-0.3, -0.25) is 0 Å². The molecular weight excluding hydrogens is 661 g/mol. The summed E-state index contributed by atoms with van der Waals surface area (Å²) in [6.07, 6.45) is 21.6. The van der Waals surface area contributed by atoms with Crippen LogP contribution >= 0.6 is 0 Å². The Morgan fingerprint density at radius 2 is 1.05 bits per heavy atom. The van der Waals surface area contributed by atoms with E-state index < -0.39 is 0 Å². The molecule has 0 bridgehead atoms. The van der Waals surface area contributed by atoms with Crippen LogP contribution in [-0.4, -0.2) is 0 Å². The first kappa shape index (κ1) is 61.6. The lowest BCUT2D eigenvalue weighted by Gasteiger charge is -2.23. The fraction of sp³-hybridized carbons (Fsp3) is 0.636. The first-order valence-electron chi connectivity index (χ1n) is 23.0. The third-order valence-electron chi connectivity index (χ3n) is 10.2. The Morgan fingerprint density at radius 3 is 1.38 bits per heavy atom. The molecule has 0 radical (unpaired) electrons. The van der Waals surface area contributed by atoms with Crippen LogP contribution in [0.25, 0.3) is 5.57 Å². The lowest BCUT2D eigenvalue weighted by atomic mass is 9.82. The number of allylic oxidation sites excluding steroid dienone is 8. The second-order valence-electron chi connectivity index (χ2n) is 14.9. The lowest BCUT2D eigenvalue weighted by molar-refractivity contribution is 0.544. The normalized spacial score (nSPS) is 11.7. The van der Waals surface area contributed by atoms with Crippen molar-refractivity contribution < 1.29 is 0 Å². The molecule has 0 saturated heterocycles. The quantitative estimate of drug-likeness (QED) is 0.178. The van der Waals surface area contributed by atoms with Gasteiger partial charge in [-0.15, -0.1) is 0 Å². The standard InChI is InChI=1S/C26H38.C9H12.2C6H14.C4H10.2C2H6/c1-10-13-21(7)26(25-22(8)17-16-20(6)23(25)9)24(18(3)4)15-12-14-19(5)11-2;1-3-9-7-5-4-6-8(9)2;2*1-4-6(3)5-2;1-3-4-2;2*1-2/h10,12-19H,11H2,1-9H3;4-7H,3H2,1-2H3;2*6H,4-5H2,1-3H3;3-4H2,1-2H3;2*1-2H3/b13-10-,14-12-,24-15+,26-21+;;;;;;. The molecule has 1 atom stereocenters. The number of benzene rings is 2. The van der Waals surface area contributed by atoms with Crippen LogP contribution in [0.2, 0.25) is 0 Å². The van der Waals surface area contributed by atoms with E-state index in [4.69, 9.17) is 0 Å². The first-order chi connectivity index (χ1) is 26.1. The van der Waals surface area contributed by atoms with Gasteiger partial charge in [-0.25, -0.2) is 0 Å². The van der Waals surface area contributed by atoms with E-state index in [2.05, 4.69) is 198 Å². The Kier molecular flexibility index (Phi) is 47.7. The second kappa shape index (κ2) is 42.5. The zero-order valence-corrected chi connectivity index (χ0v) is 41.8. The van der Waals surface area contributed by atoms with Crippen molar-refractivity contribution in [1.82, 2.24) is 0 Å². The summed E-state index contributed by atoms with van der Waals surface area (Å²) < 4.78 is 0. The zero-order chi connectivity index (χ0) is 43.9. The van der Waals surface area contributed by atoms with Crippen molar-refractivity contribution >= 4 is 5.57 Å². The zero-order valence-electron chi connectivity index (χ0n) is 41.8. The molecule has 0 heteroatoms. The van der Waals surface area contributed by atoms with Gasteiger partial charge in [-0.1, -0.05) is 229 Å². The Labute approximate surface area is 349 Å². The first-order valence-corrected chi connectivity index (χ1v) is 23.0. The fourth-order valence-corrected chi connectivity index (χ4v) is 4.87. The van der Waals surface area contributed by atoms with E-state index in [0.717, 1.165) is 18.3 Å². The topological polar surface area (TPSA) is 0 Å². The predicted octanol–water partition coefficient (Wildman–Crippen LogP) is 19.4. The molecule has 0 spiro atoms. The predicted molar refractivity (Wildman–Crippen MR) is 263 cm³/mol. The molecule has 1 unspecified atom stereocenters. The van der Waals surface area contributed by atoms with Crippen LogP contribution in [0.4, 0.5) is 0 Å². The smallest absolute Gasteiger partial charge is 0.0115 e. The highest BCUT2D eigenvalue weighted by Crippen LogP contribution is 2.37. The Morgan fingerprint density at radius 1 is 0.600 bits per heavy atom. The molecule has 0 aliphatic carbocycles. The number of rotatable bonds is 13. The van der Waals surface area contributed by atoms with Crippen LogP contribution in [0.15, 0.2) is 77.9 Å². The molecule has 0 fully saturated rings. The summed E-state index contributed by atoms with van der Waals surface area (Å²) in [4.78, 5) is 0. The van der Waals surface area contributed by atoms with Crippen molar-refractivity contribution in [3.05, 3.63) is 111 Å². The van der Waals surface area contributed by atoms with Gasteiger partial charge in [0.15, 0.2) is 0 Å². The number of aryl methyl sites for hydroxylation is 4. The number of unbranched alkanes of at least 4 members (excludes halogenated alkanes) is 1. The average molecular weight is 761 g/mol. The molecule has 0 aromatic heterocycles. The lowest BCUT2D eigenvalue weighted by Crippen LogP contribution is -2.05. The van der Waals surface area contributed by atoms with E-state index in [1.54, 1.807) is 0 Å². The average Bonchev–Trinajstić information content (AvgIpc) is 3.21. The third kappa shape index (κ3) is 31.2. The Bertz CT molecular complexity index is 1220. The highest BCUT2D eigenvalue weighted by atomic mass is 14.2. The molecule has 2 aromatic rings. The molecule has 0 aliphatic heterocycles. The summed E-state index contributed by atoms with van der Waals surface area (Å²) in [6, 6.07) is 13.0. The van der Waals surface area contributed by atoms with E-state index in [1.165, 1.54) is 95.0 Å². The van der Waals surface area contributed by atoms with Gasteiger partial charge in [0, 0.05) is 0 Å². The summed E-state index contributed by atoms with van der Waals surface area (Å²) in [6.45, 7) is 50.3. The SMILES string of the molecule is CC.CC.CCC(C)CC.CCC(C)CC.CCCC.CCc1ccccc1C.C\C=C/C(C)=C(\C(=C\C=C/C(C)CC)C(C)C)c1c(C)ccc(C)c1C. The van der Waals surface area contributed by atoms with Gasteiger partial charge < -0.3 is 0 Å². The maximum absolute atomic E-state index is 2.33. The molecule has 0 N–H and O–H groups in total. The van der Waals surface area contributed by atoms with E-state index >= 15 is 0 Å². The minimum Gasteiger partial charge on any atom is -0.0874 e. The van der Waals surface area contributed by atoms with E-state index in [-0.39, 0.29) is 0 Å². The largest absolute Gasteiger partial charge is 0.0874 e. The van der Waals surface area contributed by atoms with Gasteiger partial charge >= 0.3 is 0 Å². The van der Waals surface area contributed by atoms with Crippen molar-refractivity contribution in [3.63, 3.8) is 0 Å². The summed E-state index contributed by atoms with van der Waals surface area (Å²) in [5.41, 5.74) is 12.5. The number of hydrogen-bond acceptors (Lipinski definition) is 0. The van der Waals surface area contributed by atoms with Crippen LogP contribution in [0, 0.1) is 51.4 Å². The van der Waals surface area contributed by atoms with Gasteiger partial charge in [-0.05, 0) is 122 Å². The second-order valence-corrected chi connectivity index (χ2v) is 14.9. The molecule has 0 aliphatic rings. The van der Waals surface area contributed by atoms with Gasteiger partial charge in [0.1, 0.15) is 0 Å². The fourth-order valence-electron chi connectivity index (χ4n) is 4.87. The van der Waals surface area contributed by atoms with Gasteiger partial charge in [0.2, 0.25) is 0 Å². The van der Waals surface area contributed by atoms with Crippen LogP contribution in [0.5, 0.6) is 0 Å². The molecule has 0 heterocycles. The number of hydrogen-bond donors (Lipinski definition) is 0. The van der Waals surface area contributed by atoms with E-state index in [0.29, 0.717) is 11.8 Å². The minimum absolute atomic E-state index is 0.464. The van der Waals surface area contributed by atoms with Crippen molar-refractivity contribution in [2.45, 2.75) is 211 Å². The molecular formula is C55H100. The Balaban J connectivity index is -0.000000232. The van der Waals surface area contributed by atoms with Crippen molar-refractivity contribution in [2.24, 2.45) is 23.7 Å². The van der Waals surface area contributed by atoms with Gasteiger partial charge in [0.25, 0.3) is 0 Å². The van der Waals surface area contributed by atoms with Crippen LogP contribution < -0.4 is 0 Å². The molecule has 55 heavy (non-hydrogen) atoms.